The quantitative estimate of drug-likeness (QED) is 0.920. The summed E-state index contributed by atoms with van der Waals surface area (Å²) in [5.74, 6) is -0.0410. The highest BCUT2D eigenvalue weighted by molar-refractivity contribution is 5.62. The van der Waals surface area contributed by atoms with Gasteiger partial charge < -0.3 is 5.32 Å². The maximum atomic E-state index is 12.9. The van der Waals surface area contributed by atoms with Gasteiger partial charge in [-0.2, -0.15) is 13.2 Å². The second kappa shape index (κ2) is 6.11. The summed E-state index contributed by atoms with van der Waals surface area (Å²) in [6, 6.07) is 8.38. The molecule has 112 valence electrons. The van der Waals surface area contributed by atoms with Crippen LogP contribution in [0.1, 0.15) is 24.6 Å². The lowest BCUT2D eigenvalue weighted by molar-refractivity contribution is -0.141. The fourth-order valence-electron chi connectivity index (χ4n) is 2.03. The zero-order valence-corrected chi connectivity index (χ0v) is 11.8. The third kappa shape index (κ3) is 3.71. The number of aromatic nitrogens is 2. The zero-order valence-electron chi connectivity index (χ0n) is 11.8. The molecule has 0 unspecified atom stereocenters. The van der Waals surface area contributed by atoms with Crippen LogP contribution in [0.25, 0.3) is 11.3 Å². The Hall–Kier alpha value is -2.11. The van der Waals surface area contributed by atoms with Gasteiger partial charge in [0.05, 0.1) is 5.69 Å². The second-order valence-corrected chi connectivity index (χ2v) is 4.66. The molecular weight excluding hydrogens is 279 g/mol. The summed E-state index contributed by atoms with van der Waals surface area (Å²) in [4.78, 5) is 7.57. The van der Waals surface area contributed by atoms with Gasteiger partial charge in [0.1, 0.15) is 0 Å². The van der Waals surface area contributed by atoms with Crippen LogP contribution >= 0.6 is 0 Å². The largest absolute Gasteiger partial charge is 0.433 e. The van der Waals surface area contributed by atoms with Gasteiger partial charge in [-0.25, -0.2) is 9.97 Å². The summed E-state index contributed by atoms with van der Waals surface area (Å²) < 4.78 is 38.6. The summed E-state index contributed by atoms with van der Waals surface area (Å²) in [6.45, 7) is 2.05. The van der Waals surface area contributed by atoms with Crippen LogP contribution in [0.5, 0.6) is 0 Å². The first-order valence-electron chi connectivity index (χ1n) is 6.67. The summed E-state index contributed by atoms with van der Waals surface area (Å²) >= 11 is 0. The Kier molecular flexibility index (Phi) is 4.45. The first kappa shape index (κ1) is 15.3. The molecule has 0 amide bonds. The van der Waals surface area contributed by atoms with E-state index in [1.165, 1.54) is 7.05 Å². The van der Waals surface area contributed by atoms with Crippen molar-refractivity contribution < 1.29 is 13.2 Å². The fourth-order valence-corrected chi connectivity index (χ4v) is 2.03. The number of rotatable bonds is 4. The summed E-state index contributed by atoms with van der Waals surface area (Å²) in [5, 5.41) is 2.57. The minimum Gasteiger partial charge on any atom is -0.357 e. The zero-order chi connectivity index (χ0) is 15.5. The van der Waals surface area contributed by atoms with E-state index in [4.69, 9.17) is 0 Å². The highest BCUT2D eigenvalue weighted by atomic mass is 19.4. The van der Waals surface area contributed by atoms with Crippen molar-refractivity contribution in [1.29, 1.82) is 0 Å². The van der Waals surface area contributed by atoms with Crippen LogP contribution in [-0.4, -0.2) is 17.0 Å². The van der Waals surface area contributed by atoms with Crippen molar-refractivity contribution in [2.75, 3.05) is 12.4 Å². The Labute approximate surface area is 121 Å². The number of hydrogen-bond acceptors (Lipinski definition) is 3. The number of aryl methyl sites for hydroxylation is 1. The van der Waals surface area contributed by atoms with E-state index in [0.29, 0.717) is 5.56 Å². The molecule has 0 aliphatic rings. The number of nitrogens with zero attached hydrogens (tertiary/aromatic N) is 2. The first-order valence-corrected chi connectivity index (χ1v) is 6.67. The van der Waals surface area contributed by atoms with Crippen LogP contribution in [0.2, 0.25) is 0 Å². The van der Waals surface area contributed by atoms with Crippen LogP contribution in [-0.2, 0) is 12.6 Å². The van der Waals surface area contributed by atoms with Crippen molar-refractivity contribution in [2.24, 2.45) is 0 Å². The van der Waals surface area contributed by atoms with Gasteiger partial charge >= 0.3 is 6.18 Å². The predicted molar refractivity (Wildman–Crippen MR) is 76.0 cm³/mol. The SMILES string of the molecule is CCCc1cccc(-c2cc(C(F)(F)F)nc(NC)n2)c1. The van der Waals surface area contributed by atoms with Crippen LogP contribution < -0.4 is 5.32 Å². The molecule has 0 spiro atoms. The van der Waals surface area contributed by atoms with Crippen molar-refractivity contribution in [2.45, 2.75) is 25.9 Å². The lowest BCUT2D eigenvalue weighted by Gasteiger charge is -2.11. The number of alkyl halides is 3. The van der Waals surface area contributed by atoms with Crippen LogP contribution in [0.3, 0.4) is 0 Å². The number of anilines is 1. The molecule has 0 saturated heterocycles. The molecule has 0 radical (unpaired) electrons. The minimum atomic E-state index is -4.50. The van der Waals surface area contributed by atoms with Gasteiger partial charge in [-0.15, -0.1) is 0 Å². The molecule has 1 N–H and O–H groups in total. The molecule has 0 aliphatic carbocycles. The lowest BCUT2D eigenvalue weighted by Crippen LogP contribution is -2.11. The Morgan fingerprint density at radius 3 is 2.52 bits per heavy atom. The Morgan fingerprint density at radius 2 is 1.90 bits per heavy atom. The standard InChI is InChI=1S/C15H16F3N3/c1-3-5-10-6-4-7-11(8-10)12-9-13(15(16,17)18)21-14(19-2)20-12/h4,6-9H,3,5H2,1-2H3,(H,19,20,21). The number of benzene rings is 1. The highest BCUT2D eigenvalue weighted by Gasteiger charge is 2.33. The molecular formula is C15H16F3N3. The molecule has 2 rings (SSSR count). The lowest BCUT2D eigenvalue weighted by atomic mass is 10.0. The van der Waals surface area contributed by atoms with Crippen molar-refractivity contribution in [3.63, 3.8) is 0 Å². The van der Waals surface area contributed by atoms with Crippen LogP contribution in [0.15, 0.2) is 30.3 Å². The van der Waals surface area contributed by atoms with Gasteiger partial charge in [0.15, 0.2) is 5.69 Å². The van der Waals surface area contributed by atoms with Crippen molar-refractivity contribution in [1.82, 2.24) is 9.97 Å². The minimum absolute atomic E-state index is 0.0410. The van der Waals surface area contributed by atoms with Gasteiger partial charge in [0, 0.05) is 12.6 Å². The van der Waals surface area contributed by atoms with E-state index < -0.39 is 11.9 Å². The monoisotopic (exact) mass is 295 g/mol. The topological polar surface area (TPSA) is 37.8 Å². The molecule has 1 aromatic heterocycles. The molecule has 0 fully saturated rings. The van der Waals surface area contributed by atoms with E-state index in [2.05, 4.69) is 22.2 Å². The summed E-state index contributed by atoms with van der Waals surface area (Å²) in [7, 11) is 1.49. The van der Waals surface area contributed by atoms with E-state index in [-0.39, 0.29) is 11.6 Å². The molecule has 0 bridgehead atoms. The van der Waals surface area contributed by atoms with Gasteiger partial charge in [0.25, 0.3) is 0 Å². The van der Waals surface area contributed by atoms with Crippen molar-refractivity contribution >= 4 is 5.95 Å². The first-order chi connectivity index (χ1) is 9.94. The molecule has 6 heteroatoms. The smallest absolute Gasteiger partial charge is 0.357 e. The summed E-state index contributed by atoms with van der Waals surface area (Å²) in [5.41, 5.74) is 1.05. The van der Waals surface area contributed by atoms with E-state index >= 15 is 0 Å². The second-order valence-electron chi connectivity index (χ2n) is 4.66. The fraction of sp³-hybridized carbons (Fsp3) is 0.333. The number of halogens is 3. The third-order valence-corrected chi connectivity index (χ3v) is 3.00. The maximum absolute atomic E-state index is 12.9. The molecule has 0 atom stereocenters. The number of nitrogens with one attached hydrogen (secondary N) is 1. The Morgan fingerprint density at radius 1 is 1.14 bits per heavy atom. The maximum Gasteiger partial charge on any atom is 0.433 e. The predicted octanol–water partition coefficient (Wildman–Crippen LogP) is 4.16. The third-order valence-electron chi connectivity index (χ3n) is 3.00. The van der Waals surface area contributed by atoms with Gasteiger partial charge in [-0.3, -0.25) is 0 Å². The normalized spacial score (nSPS) is 11.5. The van der Waals surface area contributed by atoms with Gasteiger partial charge in [-0.1, -0.05) is 31.5 Å². The highest BCUT2D eigenvalue weighted by Crippen LogP contribution is 2.31. The van der Waals surface area contributed by atoms with E-state index in [9.17, 15) is 13.2 Å². The van der Waals surface area contributed by atoms with Gasteiger partial charge in [0.2, 0.25) is 5.95 Å². The van der Waals surface area contributed by atoms with Gasteiger partial charge in [-0.05, 0) is 24.1 Å². The Bertz CT molecular complexity index is 624. The molecule has 2 aromatic rings. The summed E-state index contributed by atoms with van der Waals surface area (Å²) in [6.07, 6.45) is -2.64. The Balaban J connectivity index is 2.50. The molecule has 0 saturated carbocycles. The van der Waals surface area contributed by atoms with Crippen molar-refractivity contribution in [3.8, 4) is 11.3 Å². The molecule has 1 aromatic carbocycles. The number of hydrogen-bond donors (Lipinski definition) is 1. The molecule has 0 aliphatic heterocycles. The van der Waals surface area contributed by atoms with E-state index in [1.54, 1.807) is 6.07 Å². The molecule has 3 nitrogen and oxygen atoms in total. The van der Waals surface area contributed by atoms with E-state index in [0.717, 1.165) is 24.5 Å². The molecule has 21 heavy (non-hydrogen) atoms. The van der Waals surface area contributed by atoms with Crippen LogP contribution in [0.4, 0.5) is 19.1 Å². The average molecular weight is 295 g/mol. The van der Waals surface area contributed by atoms with Crippen molar-refractivity contribution in [3.05, 3.63) is 41.6 Å². The van der Waals surface area contributed by atoms with E-state index in [1.807, 2.05) is 18.2 Å². The average Bonchev–Trinajstić information content (AvgIpc) is 2.46. The molecule has 1 heterocycles. The van der Waals surface area contributed by atoms with Crippen LogP contribution in [0, 0.1) is 0 Å².